The lowest BCUT2D eigenvalue weighted by Crippen LogP contribution is -2.07. The lowest BCUT2D eigenvalue weighted by atomic mass is 10.3. The summed E-state index contributed by atoms with van der Waals surface area (Å²) in [6.07, 6.45) is 3.21. The standard InChI is InChI=1S/C12H17ClO4S2/c1-18(14,15)11-5-7-12(8-6-11)19(16,17)10-4-2-3-9-13/h5-8H,2-4,9-10H2,1H3. The van der Waals surface area contributed by atoms with Gasteiger partial charge in [-0.15, -0.1) is 11.6 Å². The molecule has 0 aliphatic rings. The van der Waals surface area contributed by atoms with Gasteiger partial charge in [-0.25, -0.2) is 16.8 Å². The van der Waals surface area contributed by atoms with Gasteiger partial charge in [-0.3, -0.25) is 0 Å². The van der Waals surface area contributed by atoms with Gasteiger partial charge in [-0.05, 0) is 37.1 Å². The average Bonchev–Trinajstić information content (AvgIpc) is 2.34. The molecular weight excluding hydrogens is 308 g/mol. The molecule has 4 nitrogen and oxygen atoms in total. The fourth-order valence-corrected chi connectivity index (χ4v) is 3.77. The van der Waals surface area contributed by atoms with Crippen LogP contribution in [0.2, 0.25) is 0 Å². The first-order chi connectivity index (χ1) is 8.77. The van der Waals surface area contributed by atoms with E-state index in [2.05, 4.69) is 0 Å². The normalized spacial score (nSPS) is 12.5. The van der Waals surface area contributed by atoms with Gasteiger partial charge in [0.25, 0.3) is 0 Å². The third-order valence-corrected chi connectivity index (χ3v) is 5.87. The quantitative estimate of drug-likeness (QED) is 0.570. The van der Waals surface area contributed by atoms with Crippen molar-refractivity contribution in [3.05, 3.63) is 24.3 Å². The van der Waals surface area contributed by atoms with Crippen molar-refractivity contribution in [1.82, 2.24) is 0 Å². The largest absolute Gasteiger partial charge is 0.224 e. The summed E-state index contributed by atoms with van der Waals surface area (Å²) in [4.78, 5) is 0.277. The fourth-order valence-electron chi connectivity index (χ4n) is 1.58. The highest BCUT2D eigenvalue weighted by Gasteiger charge is 2.15. The summed E-state index contributed by atoms with van der Waals surface area (Å²) < 4.78 is 46.5. The molecule has 0 saturated heterocycles. The average molecular weight is 325 g/mol. The smallest absolute Gasteiger partial charge is 0.178 e. The van der Waals surface area contributed by atoms with Crippen LogP contribution in [0.1, 0.15) is 19.3 Å². The minimum absolute atomic E-state index is 0.0576. The van der Waals surface area contributed by atoms with Crippen LogP contribution < -0.4 is 0 Å². The van der Waals surface area contributed by atoms with Crippen LogP contribution in [-0.4, -0.2) is 34.7 Å². The fraction of sp³-hybridized carbons (Fsp3) is 0.500. The molecule has 0 atom stereocenters. The van der Waals surface area contributed by atoms with Gasteiger partial charge in [-0.1, -0.05) is 6.42 Å². The van der Waals surface area contributed by atoms with Crippen LogP contribution in [0, 0.1) is 0 Å². The Kier molecular flexibility index (Phi) is 5.82. The Hall–Kier alpha value is -0.590. The third-order valence-electron chi connectivity index (χ3n) is 2.66. The molecule has 0 unspecified atom stereocenters. The van der Waals surface area contributed by atoms with E-state index in [-0.39, 0.29) is 15.5 Å². The topological polar surface area (TPSA) is 68.3 Å². The first kappa shape index (κ1) is 16.5. The van der Waals surface area contributed by atoms with Crippen molar-refractivity contribution in [2.45, 2.75) is 29.1 Å². The molecule has 0 saturated carbocycles. The molecule has 0 heterocycles. The molecule has 0 bridgehead atoms. The van der Waals surface area contributed by atoms with Crippen molar-refractivity contribution in [2.24, 2.45) is 0 Å². The van der Waals surface area contributed by atoms with E-state index in [4.69, 9.17) is 11.6 Å². The maximum absolute atomic E-state index is 12.0. The summed E-state index contributed by atoms with van der Waals surface area (Å²) >= 11 is 5.52. The van der Waals surface area contributed by atoms with Crippen LogP contribution in [0.25, 0.3) is 0 Å². The van der Waals surface area contributed by atoms with E-state index >= 15 is 0 Å². The highest BCUT2D eigenvalue weighted by molar-refractivity contribution is 7.91. The summed E-state index contributed by atoms with van der Waals surface area (Å²) in [6.45, 7) is 0. The number of hydrogen-bond donors (Lipinski definition) is 0. The Bertz CT molecular complexity index is 604. The van der Waals surface area contributed by atoms with Gasteiger partial charge in [0.15, 0.2) is 19.7 Å². The van der Waals surface area contributed by atoms with Crippen LogP contribution in [0.4, 0.5) is 0 Å². The van der Waals surface area contributed by atoms with Crippen LogP contribution in [-0.2, 0) is 19.7 Å². The van der Waals surface area contributed by atoms with E-state index in [0.717, 1.165) is 19.1 Å². The van der Waals surface area contributed by atoms with Crippen molar-refractivity contribution >= 4 is 31.3 Å². The lowest BCUT2D eigenvalue weighted by molar-refractivity contribution is 0.590. The molecule has 0 fully saturated rings. The Morgan fingerprint density at radius 2 is 1.42 bits per heavy atom. The van der Waals surface area contributed by atoms with Crippen LogP contribution >= 0.6 is 11.6 Å². The summed E-state index contributed by atoms with van der Waals surface area (Å²) in [5, 5.41) is 0. The maximum Gasteiger partial charge on any atom is 0.178 e. The summed E-state index contributed by atoms with van der Waals surface area (Å²) in [6, 6.07) is 5.32. The van der Waals surface area contributed by atoms with Gasteiger partial charge in [0.1, 0.15) is 0 Å². The van der Waals surface area contributed by atoms with Gasteiger partial charge in [-0.2, -0.15) is 0 Å². The molecule has 19 heavy (non-hydrogen) atoms. The molecule has 0 aromatic heterocycles. The van der Waals surface area contributed by atoms with Crippen molar-refractivity contribution in [3.8, 4) is 0 Å². The van der Waals surface area contributed by atoms with Crippen LogP contribution in [0.3, 0.4) is 0 Å². The molecule has 0 radical (unpaired) electrons. The molecule has 7 heteroatoms. The Labute approximate surface area is 119 Å². The van der Waals surface area contributed by atoms with E-state index in [9.17, 15) is 16.8 Å². The molecule has 1 aromatic rings. The first-order valence-corrected chi connectivity index (χ1v) is 9.94. The van der Waals surface area contributed by atoms with Gasteiger partial charge in [0.2, 0.25) is 0 Å². The molecule has 108 valence electrons. The molecule has 0 amide bonds. The van der Waals surface area contributed by atoms with E-state index in [0.29, 0.717) is 12.3 Å². The van der Waals surface area contributed by atoms with Gasteiger partial charge >= 0.3 is 0 Å². The maximum atomic E-state index is 12.0. The van der Waals surface area contributed by atoms with E-state index in [1.165, 1.54) is 24.3 Å². The zero-order chi connectivity index (χ0) is 14.5. The molecule has 1 aromatic carbocycles. The summed E-state index contributed by atoms with van der Waals surface area (Å²) in [7, 11) is -6.64. The molecule has 0 aliphatic heterocycles. The second-order valence-corrected chi connectivity index (χ2v) is 8.81. The number of rotatable bonds is 7. The predicted molar refractivity (Wildman–Crippen MR) is 76.2 cm³/mol. The lowest BCUT2D eigenvalue weighted by Gasteiger charge is -2.05. The SMILES string of the molecule is CS(=O)(=O)c1ccc(S(=O)(=O)CCCCCCl)cc1. The molecular formula is C12H17ClO4S2. The minimum atomic E-state index is -3.34. The highest BCUT2D eigenvalue weighted by atomic mass is 35.5. The Morgan fingerprint density at radius 1 is 0.895 bits per heavy atom. The number of alkyl halides is 1. The van der Waals surface area contributed by atoms with Gasteiger partial charge < -0.3 is 0 Å². The number of hydrogen-bond acceptors (Lipinski definition) is 4. The zero-order valence-electron chi connectivity index (χ0n) is 10.7. The third kappa shape index (κ3) is 5.12. The monoisotopic (exact) mass is 324 g/mol. The molecule has 0 aliphatic carbocycles. The van der Waals surface area contributed by atoms with Crippen molar-refractivity contribution in [1.29, 1.82) is 0 Å². The van der Waals surface area contributed by atoms with Crippen molar-refractivity contribution < 1.29 is 16.8 Å². The van der Waals surface area contributed by atoms with Crippen molar-refractivity contribution in [2.75, 3.05) is 17.9 Å². The zero-order valence-corrected chi connectivity index (χ0v) is 13.1. The van der Waals surface area contributed by atoms with Crippen molar-refractivity contribution in [3.63, 3.8) is 0 Å². The second-order valence-electron chi connectivity index (χ2n) is 4.31. The highest BCUT2D eigenvalue weighted by Crippen LogP contribution is 2.17. The van der Waals surface area contributed by atoms with E-state index in [1.54, 1.807) is 0 Å². The number of sulfone groups is 2. The molecule has 0 spiro atoms. The second kappa shape index (κ2) is 6.72. The van der Waals surface area contributed by atoms with Gasteiger partial charge in [0.05, 0.1) is 15.5 Å². The van der Waals surface area contributed by atoms with Gasteiger partial charge in [0, 0.05) is 12.1 Å². The Balaban J connectivity index is 2.80. The van der Waals surface area contributed by atoms with E-state index in [1.807, 2.05) is 0 Å². The predicted octanol–water partition coefficient (Wildman–Crippen LogP) is 2.27. The number of benzene rings is 1. The molecule has 0 N–H and O–H groups in total. The first-order valence-electron chi connectivity index (χ1n) is 5.86. The number of unbranched alkanes of at least 4 members (excludes halogenated alkanes) is 2. The Morgan fingerprint density at radius 3 is 1.89 bits per heavy atom. The molecule has 1 rings (SSSR count). The number of halogens is 1. The van der Waals surface area contributed by atoms with Crippen LogP contribution in [0.5, 0.6) is 0 Å². The van der Waals surface area contributed by atoms with Crippen LogP contribution in [0.15, 0.2) is 34.1 Å². The summed E-state index contributed by atoms with van der Waals surface area (Å²) in [5.41, 5.74) is 0. The minimum Gasteiger partial charge on any atom is -0.224 e. The van der Waals surface area contributed by atoms with E-state index < -0.39 is 19.7 Å². The summed E-state index contributed by atoms with van der Waals surface area (Å²) in [5.74, 6) is 0.589.